The minimum absolute atomic E-state index is 0.249. The van der Waals surface area contributed by atoms with Crippen LogP contribution in [0.15, 0.2) is 52.2 Å². The van der Waals surface area contributed by atoms with Gasteiger partial charge in [-0.1, -0.05) is 6.07 Å². The first-order chi connectivity index (χ1) is 11.7. The molecule has 8 nitrogen and oxygen atoms in total. The van der Waals surface area contributed by atoms with Crippen LogP contribution in [-0.4, -0.2) is 20.4 Å². The third kappa shape index (κ3) is 2.39. The lowest BCUT2D eigenvalue weighted by molar-refractivity contribution is 0.959. The summed E-state index contributed by atoms with van der Waals surface area (Å²) in [4.78, 5) is 27.8. The molecule has 24 heavy (non-hydrogen) atoms. The zero-order chi connectivity index (χ0) is 16.5. The second-order valence-electron chi connectivity index (χ2n) is 5.23. The average Bonchev–Trinajstić information content (AvgIpc) is 3.09. The summed E-state index contributed by atoms with van der Waals surface area (Å²) in [5.41, 5.74) is 2.27. The monoisotopic (exact) mass is 320 g/mol. The van der Waals surface area contributed by atoms with Crippen molar-refractivity contribution >= 4 is 28.1 Å². The Labute approximate surface area is 135 Å². The van der Waals surface area contributed by atoms with Crippen molar-refractivity contribution in [1.29, 1.82) is 0 Å². The number of hydrogen-bond donors (Lipinski definition) is 3. The Kier molecular flexibility index (Phi) is 3.27. The molecule has 0 bridgehead atoms. The van der Waals surface area contributed by atoms with Crippen LogP contribution in [0.5, 0.6) is 0 Å². The molecule has 4 aromatic rings. The van der Waals surface area contributed by atoms with E-state index in [4.69, 9.17) is 0 Å². The fourth-order valence-electron chi connectivity index (χ4n) is 2.42. The second kappa shape index (κ2) is 5.58. The van der Waals surface area contributed by atoms with Crippen LogP contribution in [0, 0.1) is 0 Å². The van der Waals surface area contributed by atoms with E-state index >= 15 is 0 Å². The van der Waals surface area contributed by atoms with Crippen molar-refractivity contribution in [2.24, 2.45) is 0 Å². The molecule has 0 radical (unpaired) electrons. The summed E-state index contributed by atoms with van der Waals surface area (Å²) in [5, 5.41) is 16.4. The van der Waals surface area contributed by atoms with E-state index in [-0.39, 0.29) is 11.4 Å². The third-order valence-electron chi connectivity index (χ3n) is 3.67. The number of aromatic amines is 1. The van der Waals surface area contributed by atoms with Gasteiger partial charge in [0, 0.05) is 11.9 Å². The number of H-pyrrole nitrogens is 1. The standard InChI is InChI=1S/C16H12N6O2/c23-15-13(18-8-10-3-1-2-6-17-10)14(16(15)24)19-9-4-5-11-12(7-9)21-22-20-11/h1-7,18-19H,8H2,(H,20,21,22). The number of anilines is 3. The van der Waals surface area contributed by atoms with E-state index in [1.807, 2.05) is 18.2 Å². The summed E-state index contributed by atoms with van der Waals surface area (Å²) in [5.74, 6) is 0. The molecule has 2 aromatic carbocycles. The highest BCUT2D eigenvalue weighted by Crippen LogP contribution is 2.23. The van der Waals surface area contributed by atoms with Crippen molar-refractivity contribution in [3.05, 3.63) is 68.7 Å². The van der Waals surface area contributed by atoms with E-state index in [0.717, 1.165) is 11.2 Å². The lowest BCUT2D eigenvalue weighted by atomic mass is 10.1. The Morgan fingerprint density at radius 2 is 1.79 bits per heavy atom. The summed E-state index contributed by atoms with van der Waals surface area (Å²) in [7, 11) is 0. The molecule has 0 unspecified atom stereocenters. The summed E-state index contributed by atoms with van der Waals surface area (Å²) in [6.07, 6.45) is 1.67. The van der Waals surface area contributed by atoms with E-state index in [2.05, 4.69) is 31.0 Å². The minimum atomic E-state index is -0.543. The Morgan fingerprint density at radius 3 is 2.62 bits per heavy atom. The predicted octanol–water partition coefficient (Wildman–Crippen LogP) is 1.30. The second-order valence-corrected chi connectivity index (χ2v) is 5.23. The third-order valence-corrected chi connectivity index (χ3v) is 3.67. The van der Waals surface area contributed by atoms with Gasteiger partial charge in [0.25, 0.3) is 10.9 Å². The molecule has 0 aliphatic carbocycles. The van der Waals surface area contributed by atoms with E-state index in [1.165, 1.54) is 0 Å². The largest absolute Gasteiger partial charge is 0.374 e. The number of fused-ring (bicyclic) bond motifs is 1. The maximum Gasteiger partial charge on any atom is 0.253 e. The van der Waals surface area contributed by atoms with Gasteiger partial charge in [0.15, 0.2) is 0 Å². The average molecular weight is 320 g/mol. The molecule has 4 rings (SSSR count). The molecular formula is C16H12N6O2. The van der Waals surface area contributed by atoms with Gasteiger partial charge in [0.2, 0.25) is 0 Å². The smallest absolute Gasteiger partial charge is 0.253 e. The molecule has 0 saturated heterocycles. The van der Waals surface area contributed by atoms with Gasteiger partial charge < -0.3 is 10.6 Å². The molecule has 0 aliphatic rings. The van der Waals surface area contributed by atoms with Crippen LogP contribution in [0.2, 0.25) is 0 Å². The SMILES string of the molecule is O=c1c(NCc2ccccn2)c(Nc2ccc3n[nH]nc3c2)c1=O. The van der Waals surface area contributed by atoms with Crippen molar-refractivity contribution < 1.29 is 0 Å². The summed E-state index contributed by atoms with van der Waals surface area (Å²) < 4.78 is 0. The Balaban J connectivity index is 1.56. The van der Waals surface area contributed by atoms with E-state index in [1.54, 1.807) is 24.4 Å². The predicted molar refractivity (Wildman–Crippen MR) is 90.1 cm³/mol. The Morgan fingerprint density at radius 1 is 0.958 bits per heavy atom. The maximum absolute atomic E-state index is 11.8. The first-order valence-corrected chi connectivity index (χ1v) is 7.27. The van der Waals surface area contributed by atoms with Crippen molar-refractivity contribution in [3.8, 4) is 0 Å². The molecule has 0 fully saturated rings. The van der Waals surface area contributed by atoms with Crippen molar-refractivity contribution in [1.82, 2.24) is 20.4 Å². The number of hydrogen-bond acceptors (Lipinski definition) is 7. The minimum Gasteiger partial charge on any atom is -0.374 e. The van der Waals surface area contributed by atoms with Crippen molar-refractivity contribution in [2.45, 2.75) is 6.54 Å². The molecule has 2 aromatic heterocycles. The van der Waals surface area contributed by atoms with Gasteiger partial charge in [-0.25, -0.2) is 0 Å². The topological polar surface area (TPSA) is 113 Å². The quantitative estimate of drug-likeness (QED) is 0.475. The van der Waals surface area contributed by atoms with Gasteiger partial charge in [-0.15, -0.1) is 0 Å². The molecule has 2 heterocycles. The van der Waals surface area contributed by atoms with E-state index < -0.39 is 10.9 Å². The highest BCUT2D eigenvalue weighted by Gasteiger charge is 2.21. The number of rotatable bonds is 5. The molecule has 3 N–H and O–H groups in total. The molecule has 0 spiro atoms. The van der Waals surface area contributed by atoms with Gasteiger partial charge in [0.05, 0.1) is 12.2 Å². The first kappa shape index (κ1) is 14.1. The molecule has 118 valence electrons. The maximum atomic E-state index is 11.8. The molecule has 0 amide bonds. The molecule has 0 saturated carbocycles. The van der Waals surface area contributed by atoms with Gasteiger partial charge >= 0.3 is 0 Å². The van der Waals surface area contributed by atoms with Crippen LogP contribution < -0.4 is 21.5 Å². The zero-order valence-corrected chi connectivity index (χ0v) is 12.4. The summed E-state index contributed by atoms with van der Waals surface area (Å²) in [6, 6.07) is 10.8. The Hall–Kier alpha value is -3.55. The van der Waals surface area contributed by atoms with Crippen LogP contribution in [0.4, 0.5) is 17.1 Å². The van der Waals surface area contributed by atoms with Crippen LogP contribution in [0.3, 0.4) is 0 Å². The lowest BCUT2D eigenvalue weighted by Crippen LogP contribution is -2.36. The highest BCUT2D eigenvalue weighted by atomic mass is 16.2. The molecule has 0 aliphatic heterocycles. The normalized spacial score (nSPS) is 11.0. The van der Waals surface area contributed by atoms with Gasteiger partial charge in [-0.05, 0) is 30.3 Å². The zero-order valence-electron chi connectivity index (χ0n) is 12.4. The van der Waals surface area contributed by atoms with E-state index in [9.17, 15) is 9.59 Å². The number of benzene rings is 1. The highest BCUT2D eigenvalue weighted by molar-refractivity contribution is 5.83. The molecule has 8 heteroatoms. The lowest BCUT2D eigenvalue weighted by Gasteiger charge is -2.14. The van der Waals surface area contributed by atoms with Crippen LogP contribution in [-0.2, 0) is 6.54 Å². The molecule has 0 atom stereocenters. The van der Waals surface area contributed by atoms with Crippen molar-refractivity contribution in [2.75, 3.05) is 10.6 Å². The van der Waals surface area contributed by atoms with Crippen LogP contribution in [0.25, 0.3) is 11.0 Å². The fourth-order valence-corrected chi connectivity index (χ4v) is 2.42. The van der Waals surface area contributed by atoms with Crippen LogP contribution >= 0.6 is 0 Å². The number of nitrogens with one attached hydrogen (secondary N) is 3. The van der Waals surface area contributed by atoms with Crippen LogP contribution in [0.1, 0.15) is 5.69 Å². The molecular weight excluding hydrogens is 308 g/mol. The Bertz CT molecular complexity index is 1080. The number of pyridine rings is 1. The van der Waals surface area contributed by atoms with Gasteiger partial charge in [0.1, 0.15) is 22.4 Å². The number of aromatic nitrogens is 4. The van der Waals surface area contributed by atoms with Crippen molar-refractivity contribution in [3.63, 3.8) is 0 Å². The van der Waals surface area contributed by atoms with Gasteiger partial charge in [-0.3, -0.25) is 14.6 Å². The summed E-state index contributed by atoms with van der Waals surface area (Å²) >= 11 is 0. The first-order valence-electron chi connectivity index (χ1n) is 7.27. The van der Waals surface area contributed by atoms with Gasteiger partial charge in [-0.2, -0.15) is 15.4 Å². The number of nitrogens with zero attached hydrogens (tertiary/aromatic N) is 3. The van der Waals surface area contributed by atoms with E-state index in [0.29, 0.717) is 17.7 Å². The fraction of sp³-hybridized carbons (Fsp3) is 0.0625. The summed E-state index contributed by atoms with van der Waals surface area (Å²) in [6.45, 7) is 0.364.